The molecule has 0 aliphatic carbocycles. The second-order valence-corrected chi connectivity index (χ2v) is 8.05. The number of hydrogen-bond donors (Lipinski definition) is 1. The molecule has 0 saturated carbocycles. The van der Waals surface area contributed by atoms with Crippen LogP contribution in [0.1, 0.15) is 11.3 Å². The van der Waals surface area contributed by atoms with Gasteiger partial charge in [0.05, 0.1) is 26.3 Å². The number of aromatic nitrogens is 2. The summed E-state index contributed by atoms with van der Waals surface area (Å²) in [6.45, 7) is 0.646. The van der Waals surface area contributed by atoms with E-state index in [0.717, 1.165) is 39.0 Å². The predicted octanol–water partition coefficient (Wildman–Crippen LogP) is 3.67. The summed E-state index contributed by atoms with van der Waals surface area (Å²) in [5.74, 6) is 2.79. The van der Waals surface area contributed by atoms with Gasteiger partial charge in [-0.2, -0.15) is 0 Å². The Hall–Kier alpha value is -3.72. The Morgan fingerprint density at radius 3 is 2.88 bits per heavy atom. The molecular formula is C23H21N3O5S. The molecule has 164 valence electrons. The molecule has 0 unspecified atom stereocenters. The molecule has 9 heteroatoms. The minimum Gasteiger partial charge on any atom is -0.497 e. The predicted molar refractivity (Wildman–Crippen MR) is 120 cm³/mol. The Morgan fingerprint density at radius 2 is 2.03 bits per heavy atom. The van der Waals surface area contributed by atoms with Gasteiger partial charge in [0, 0.05) is 29.4 Å². The first kappa shape index (κ1) is 20.2. The second kappa shape index (κ2) is 8.43. The lowest BCUT2D eigenvalue weighted by molar-refractivity contribution is -0.120. The normalized spacial score (nSPS) is 12.2. The fourth-order valence-corrected chi connectivity index (χ4v) is 4.45. The van der Waals surface area contributed by atoms with Crippen LogP contribution in [-0.2, 0) is 17.8 Å². The van der Waals surface area contributed by atoms with Crippen molar-refractivity contribution in [1.29, 1.82) is 0 Å². The average Bonchev–Trinajstić information content (AvgIpc) is 3.54. The van der Waals surface area contributed by atoms with E-state index in [1.165, 1.54) is 11.3 Å². The van der Waals surface area contributed by atoms with Crippen molar-refractivity contribution in [2.24, 2.45) is 0 Å². The molecule has 5 rings (SSSR count). The molecule has 0 atom stereocenters. The number of amides is 1. The molecule has 2 aromatic carbocycles. The number of hydrogen-bond acceptors (Lipinski definition) is 7. The average molecular weight is 452 g/mol. The largest absolute Gasteiger partial charge is 0.497 e. The van der Waals surface area contributed by atoms with E-state index in [9.17, 15) is 4.79 Å². The third kappa shape index (κ3) is 3.82. The summed E-state index contributed by atoms with van der Waals surface area (Å²) in [5, 5.41) is 4.92. The number of nitrogens with zero attached hydrogens (tertiary/aromatic N) is 2. The summed E-state index contributed by atoms with van der Waals surface area (Å²) in [5.41, 5.74) is 3.41. The monoisotopic (exact) mass is 451 g/mol. The van der Waals surface area contributed by atoms with Crippen LogP contribution in [0, 0.1) is 0 Å². The maximum Gasteiger partial charge on any atom is 0.231 e. The van der Waals surface area contributed by atoms with E-state index < -0.39 is 0 Å². The Bertz CT molecular complexity index is 1300. The van der Waals surface area contributed by atoms with Gasteiger partial charge < -0.3 is 24.3 Å². The van der Waals surface area contributed by atoms with E-state index in [-0.39, 0.29) is 19.1 Å². The van der Waals surface area contributed by atoms with Crippen molar-refractivity contribution in [3.8, 4) is 34.3 Å². The topological polar surface area (TPSA) is 83.3 Å². The third-order valence-electron chi connectivity index (χ3n) is 5.23. The molecule has 0 bridgehead atoms. The van der Waals surface area contributed by atoms with Gasteiger partial charge in [-0.1, -0.05) is 6.07 Å². The van der Waals surface area contributed by atoms with Crippen LogP contribution in [0.25, 0.3) is 16.2 Å². The summed E-state index contributed by atoms with van der Waals surface area (Å²) < 4.78 is 23.5. The lowest BCUT2D eigenvalue weighted by Crippen LogP contribution is -2.24. The van der Waals surface area contributed by atoms with E-state index in [4.69, 9.17) is 23.9 Å². The highest BCUT2D eigenvalue weighted by molar-refractivity contribution is 7.15. The molecule has 32 heavy (non-hydrogen) atoms. The first-order valence-electron chi connectivity index (χ1n) is 9.97. The summed E-state index contributed by atoms with van der Waals surface area (Å²) in [4.78, 5) is 18.1. The minimum atomic E-state index is -0.0726. The molecule has 1 N–H and O–H groups in total. The second-order valence-electron chi connectivity index (χ2n) is 7.21. The number of methoxy groups -OCH3 is 2. The van der Waals surface area contributed by atoms with Crippen LogP contribution in [-0.4, -0.2) is 36.3 Å². The van der Waals surface area contributed by atoms with Crippen molar-refractivity contribution in [2.45, 2.75) is 13.0 Å². The van der Waals surface area contributed by atoms with Crippen molar-refractivity contribution in [2.75, 3.05) is 21.0 Å². The minimum absolute atomic E-state index is 0.0726. The van der Waals surface area contributed by atoms with E-state index >= 15 is 0 Å². The molecule has 8 nitrogen and oxygen atoms in total. The van der Waals surface area contributed by atoms with Gasteiger partial charge in [0.2, 0.25) is 12.7 Å². The fraction of sp³-hybridized carbons (Fsp3) is 0.217. The van der Waals surface area contributed by atoms with Crippen molar-refractivity contribution < 1.29 is 23.7 Å². The molecule has 0 fully saturated rings. The summed E-state index contributed by atoms with van der Waals surface area (Å²) in [7, 11) is 3.25. The van der Waals surface area contributed by atoms with Gasteiger partial charge >= 0.3 is 0 Å². The maximum absolute atomic E-state index is 12.6. The summed E-state index contributed by atoms with van der Waals surface area (Å²) in [6.07, 6.45) is 2.17. The van der Waals surface area contributed by atoms with E-state index in [1.807, 2.05) is 52.4 Å². The number of ether oxygens (including phenoxy) is 4. The summed E-state index contributed by atoms with van der Waals surface area (Å²) >= 11 is 1.49. The number of carbonyl (C=O) groups is 1. The van der Waals surface area contributed by atoms with Crippen LogP contribution >= 0.6 is 11.3 Å². The lowest BCUT2D eigenvalue weighted by atomic mass is 10.1. The van der Waals surface area contributed by atoms with Gasteiger partial charge in [-0.25, -0.2) is 4.98 Å². The summed E-state index contributed by atoms with van der Waals surface area (Å²) in [6, 6.07) is 11.2. The Kier molecular flexibility index (Phi) is 5.32. The van der Waals surface area contributed by atoms with Gasteiger partial charge in [0.15, 0.2) is 16.5 Å². The van der Waals surface area contributed by atoms with Crippen LogP contribution in [0.5, 0.6) is 23.0 Å². The molecule has 3 heterocycles. The zero-order valence-corrected chi connectivity index (χ0v) is 18.4. The third-order valence-corrected chi connectivity index (χ3v) is 6.12. The number of thiazole rings is 1. The molecule has 0 spiro atoms. The van der Waals surface area contributed by atoms with Crippen LogP contribution in [0.4, 0.5) is 0 Å². The first-order valence-corrected chi connectivity index (χ1v) is 10.9. The SMILES string of the molecule is COc1ccc(OC)c(-c2cn3c(CC(=O)NCc4ccc5c(c4)OCO5)csc3n2)c1. The number of benzene rings is 2. The van der Waals surface area contributed by atoms with Crippen molar-refractivity contribution in [3.05, 3.63) is 59.2 Å². The molecule has 4 aromatic rings. The van der Waals surface area contributed by atoms with Gasteiger partial charge in [-0.3, -0.25) is 9.20 Å². The quantitative estimate of drug-likeness (QED) is 0.462. The van der Waals surface area contributed by atoms with E-state index in [1.54, 1.807) is 14.2 Å². The number of carbonyl (C=O) groups excluding carboxylic acids is 1. The standard InChI is InChI=1S/C23H21N3O5S/c1-28-16-4-6-19(29-2)17(9-16)18-11-26-15(12-32-23(26)25-18)8-22(27)24-10-14-3-5-20-21(7-14)31-13-30-20/h3-7,9,11-12H,8,10,13H2,1-2H3,(H,24,27). The van der Waals surface area contributed by atoms with E-state index in [2.05, 4.69) is 5.32 Å². The van der Waals surface area contributed by atoms with Gasteiger partial charge in [0.25, 0.3) is 0 Å². The Labute approximate surface area is 188 Å². The molecule has 1 amide bonds. The molecule has 0 radical (unpaired) electrons. The number of rotatable bonds is 7. The van der Waals surface area contributed by atoms with E-state index in [0.29, 0.717) is 18.0 Å². The fourth-order valence-electron chi connectivity index (χ4n) is 3.58. The van der Waals surface area contributed by atoms with Crippen LogP contribution in [0.15, 0.2) is 48.0 Å². The molecule has 1 aliphatic heterocycles. The Morgan fingerprint density at radius 1 is 1.16 bits per heavy atom. The molecular weight excluding hydrogens is 430 g/mol. The highest BCUT2D eigenvalue weighted by Crippen LogP contribution is 2.34. The molecule has 1 aliphatic rings. The highest BCUT2D eigenvalue weighted by Gasteiger charge is 2.17. The van der Waals surface area contributed by atoms with Crippen LogP contribution < -0.4 is 24.3 Å². The van der Waals surface area contributed by atoms with Crippen molar-refractivity contribution in [1.82, 2.24) is 14.7 Å². The van der Waals surface area contributed by atoms with Gasteiger partial charge in [-0.05, 0) is 35.9 Å². The zero-order chi connectivity index (χ0) is 22.1. The van der Waals surface area contributed by atoms with Gasteiger partial charge in [-0.15, -0.1) is 11.3 Å². The number of nitrogens with one attached hydrogen (secondary N) is 1. The molecule has 0 saturated heterocycles. The van der Waals surface area contributed by atoms with Crippen LogP contribution in [0.3, 0.4) is 0 Å². The highest BCUT2D eigenvalue weighted by atomic mass is 32.1. The first-order chi connectivity index (χ1) is 15.6. The molecule has 2 aromatic heterocycles. The van der Waals surface area contributed by atoms with Crippen molar-refractivity contribution in [3.63, 3.8) is 0 Å². The van der Waals surface area contributed by atoms with Crippen molar-refractivity contribution >= 4 is 22.2 Å². The lowest BCUT2D eigenvalue weighted by Gasteiger charge is -2.08. The number of fused-ring (bicyclic) bond motifs is 2. The Balaban J connectivity index is 1.31. The maximum atomic E-state index is 12.6. The smallest absolute Gasteiger partial charge is 0.231 e. The zero-order valence-electron chi connectivity index (χ0n) is 17.6. The number of imidazole rings is 1. The van der Waals surface area contributed by atoms with Crippen LogP contribution in [0.2, 0.25) is 0 Å². The van der Waals surface area contributed by atoms with Gasteiger partial charge in [0.1, 0.15) is 11.5 Å².